The molecule has 0 bridgehead atoms. The maximum absolute atomic E-state index is 11.1. The normalized spacial score (nSPS) is 10.7. The van der Waals surface area contributed by atoms with E-state index in [0.29, 0.717) is 23.7 Å². The number of hydrogen-bond acceptors (Lipinski definition) is 4. The first-order valence-corrected chi connectivity index (χ1v) is 7.79. The van der Waals surface area contributed by atoms with Gasteiger partial charge in [0.15, 0.2) is 0 Å². The number of halogens is 2. The summed E-state index contributed by atoms with van der Waals surface area (Å²) in [5, 5.41) is 13.1. The van der Waals surface area contributed by atoms with Crippen molar-refractivity contribution < 1.29 is 14.6 Å². The molecule has 0 atom stereocenters. The molecule has 8 heteroatoms. The van der Waals surface area contributed by atoms with Gasteiger partial charge in [0, 0.05) is 17.0 Å². The standard InChI is InChI=1S/C13H13Br2N3O3/c1-3-4-11-16-12(13(19)20)17-18(11)9-6-10(21-2)8(15)5-7(9)14/h5-6H,3-4H2,1-2H3,(H,19,20). The van der Waals surface area contributed by atoms with Gasteiger partial charge in [-0.2, -0.15) is 0 Å². The van der Waals surface area contributed by atoms with Crippen molar-refractivity contribution >= 4 is 37.8 Å². The Kier molecular flexibility index (Phi) is 5.00. The summed E-state index contributed by atoms with van der Waals surface area (Å²) in [6.45, 7) is 2.00. The maximum atomic E-state index is 11.1. The van der Waals surface area contributed by atoms with E-state index in [1.807, 2.05) is 13.0 Å². The fraction of sp³-hybridized carbons (Fsp3) is 0.308. The Morgan fingerprint density at radius 2 is 2.10 bits per heavy atom. The Balaban J connectivity index is 2.62. The quantitative estimate of drug-likeness (QED) is 0.804. The van der Waals surface area contributed by atoms with Gasteiger partial charge in [0.2, 0.25) is 0 Å². The molecule has 0 aliphatic carbocycles. The molecule has 0 aliphatic heterocycles. The Bertz CT molecular complexity index is 686. The van der Waals surface area contributed by atoms with Crippen molar-refractivity contribution in [2.45, 2.75) is 19.8 Å². The monoisotopic (exact) mass is 417 g/mol. The molecule has 112 valence electrons. The highest BCUT2D eigenvalue weighted by Crippen LogP contribution is 2.33. The van der Waals surface area contributed by atoms with Crippen LogP contribution in [-0.2, 0) is 6.42 Å². The Morgan fingerprint density at radius 3 is 2.67 bits per heavy atom. The highest BCUT2D eigenvalue weighted by molar-refractivity contribution is 9.11. The number of aryl methyl sites for hydroxylation is 1. The number of carbonyl (C=O) groups is 1. The largest absolute Gasteiger partial charge is 0.495 e. The third-order valence-electron chi connectivity index (χ3n) is 2.79. The smallest absolute Gasteiger partial charge is 0.375 e. The minimum atomic E-state index is -1.15. The lowest BCUT2D eigenvalue weighted by Crippen LogP contribution is -2.05. The number of carboxylic acid groups (broad SMARTS) is 1. The molecule has 0 spiro atoms. The summed E-state index contributed by atoms with van der Waals surface area (Å²) in [5.41, 5.74) is 0.679. The van der Waals surface area contributed by atoms with Gasteiger partial charge >= 0.3 is 5.97 Å². The molecule has 2 rings (SSSR count). The summed E-state index contributed by atoms with van der Waals surface area (Å²) in [6, 6.07) is 3.60. The van der Waals surface area contributed by atoms with Crippen molar-refractivity contribution in [3.63, 3.8) is 0 Å². The zero-order valence-corrected chi connectivity index (χ0v) is 14.6. The summed E-state index contributed by atoms with van der Waals surface area (Å²) in [4.78, 5) is 15.2. The van der Waals surface area contributed by atoms with Crippen LogP contribution in [0.1, 0.15) is 29.8 Å². The molecule has 6 nitrogen and oxygen atoms in total. The Hall–Kier alpha value is -1.41. The van der Waals surface area contributed by atoms with Crippen LogP contribution in [0.4, 0.5) is 0 Å². The van der Waals surface area contributed by atoms with Crippen molar-refractivity contribution in [3.05, 3.63) is 32.7 Å². The number of carboxylic acids is 1. The zero-order valence-electron chi connectivity index (χ0n) is 11.4. The third-order valence-corrected chi connectivity index (χ3v) is 4.04. The summed E-state index contributed by atoms with van der Waals surface area (Å²) in [6.07, 6.45) is 1.47. The van der Waals surface area contributed by atoms with E-state index in [1.165, 1.54) is 4.68 Å². The van der Waals surface area contributed by atoms with E-state index in [-0.39, 0.29) is 5.82 Å². The number of aromatic carboxylic acids is 1. The van der Waals surface area contributed by atoms with Crippen LogP contribution in [0.5, 0.6) is 5.75 Å². The van der Waals surface area contributed by atoms with Crippen LogP contribution in [-0.4, -0.2) is 33.0 Å². The molecule has 0 unspecified atom stereocenters. The van der Waals surface area contributed by atoms with Crippen molar-refractivity contribution in [1.82, 2.24) is 14.8 Å². The average Bonchev–Trinajstić information content (AvgIpc) is 2.83. The van der Waals surface area contributed by atoms with Crippen LogP contribution in [0.25, 0.3) is 5.69 Å². The molecule has 1 aromatic carbocycles. The van der Waals surface area contributed by atoms with Gasteiger partial charge in [-0.15, -0.1) is 5.10 Å². The second-order valence-electron chi connectivity index (χ2n) is 4.26. The predicted molar refractivity (Wildman–Crippen MR) is 84.3 cm³/mol. The van der Waals surface area contributed by atoms with Gasteiger partial charge in [0.05, 0.1) is 17.3 Å². The van der Waals surface area contributed by atoms with Crippen LogP contribution in [0.15, 0.2) is 21.1 Å². The van der Waals surface area contributed by atoms with Crippen LogP contribution in [0.2, 0.25) is 0 Å². The number of nitrogens with zero attached hydrogens (tertiary/aromatic N) is 3. The SMILES string of the molecule is CCCc1nc(C(=O)O)nn1-c1cc(OC)c(Br)cc1Br. The molecule has 0 saturated carbocycles. The topological polar surface area (TPSA) is 77.2 Å². The summed E-state index contributed by atoms with van der Waals surface area (Å²) in [5.74, 6) is -0.137. The molecule has 1 N–H and O–H groups in total. The molecule has 0 aliphatic rings. The molecular formula is C13H13Br2N3O3. The molecule has 0 amide bonds. The van der Waals surface area contributed by atoms with Crippen LogP contribution in [0, 0.1) is 0 Å². The molecule has 0 saturated heterocycles. The van der Waals surface area contributed by atoms with E-state index < -0.39 is 5.97 Å². The summed E-state index contributed by atoms with van der Waals surface area (Å²) in [7, 11) is 1.56. The van der Waals surface area contributed by atoms with Crippen LogP contribution >= 0.6 is 31.9 Å². The fourth-order valence-electron chi connectivity index (χ4n) is 1.85. The highest BCUT2D eigenvalue weighted by Gasteiger charge is 2.18. The Labute approximate surface area is 138 Å². The van der Waals surface area contributed by atoms with Crippen molar-refractivity contribution in [2.24, 2.45) is 0 Å². The predicted octanol–water partition coefficient (Wildman–Crippen LogP) is 3.45. The Morgan fingerprint density at radius 1 is 1.38 bits per heavy atom. The van der Waals surface area contributed by atoms with Gasteiger partial charge in [-0.25, -0.2) is 14.5 Å². The van der Waals surface area contributed by atoms with E-state index in [9.17, 15) is 4.79 Å². The second kappa shape index (κ2) is 6.57. The first-order chi connectivity index (χ1) is 9.97. The van der Waals surface area contributed by atoms with Crippen molar-refractivity contribution in [3.8, 4) is 11.4 Å². The first kappa shape index (κ1) is 16.0. The lowest BCUT2D eigenvalue weighted by atomic mass is 10.2. The summed E-state index contributed by atoms with van der Waals surface area (Å²) >= 11 is 6.85. The van der Waals surface area contributed by atoms with Gasteiger partial charge in [0.1, 0.15) is 11.6 Å². The van der Waals surface area contributed by atoms with Crippen LogP contribution < -0.4 is 4.74 Å². The highest BCUT2D eigenvalue weighted by atomic mass is 79.9. The number of aromatic nitrogens is 3. The van der Waals surface area contributed by atoms with Crippen molar-refractivity contribution in [2.75, 3.05) is 7.11 Å². The molecule has 2 aromatic rings. The van der Waals surface area contributed by atoms with E-state index in [4.69, 9.17) is 9.84 Å². The summed E-state index contributed by atoms with van der Waals surface area (Å²) < 4.78 is 8.35. The molecule has 1 aromatic heterocycles. The number of methoxy groups -OCH3 is 1. The van der Waals surface area contributed by atoms with E-state index >= 15 is 0 Å². The van der Waals surface area contributed by atoms with Crippen molar-refractivity contribution in [1.29, 1.82) is 0 Å². The van der Waals surface area contributed by atoms with Gasteiger partial charge in [-0.3, -0.25) is 0 Å². The fourth-order valence-corrected chi connectivity index (χ4v) is 3.17. The first-order valence-electron chi connectivity index (χ1n) is 6.20. The lowest BCUT2D eigenvalue weighted by molar-refractivity contribution is 0.0683. The minimum absolute atomic E-state index is 0.216. The third kappa shape index (κ3) is 3.26. The number of benzene rings is 1. The average molecular weight is 419 g/mol. The zero-order chi connectivity index (χ0) is 15.6. The second-order valence-corrected chi connectivity index (χ2v) is 5.97. The number of hydrogen-bond donors (Lipinski definition) is 1. The molecule has 21 heavy (non-hydrogen) atoms. The molecule has 1 heterocycles. The maximum Gasteiger partial charge on any atom is 0.375 e. The number of rotatable bonds is 5. The molecule has 0 fully saturated rings. The van der Waals surface area contributed by atoms with Crippen LogP contribution in [0.3, 0.4) is 0 Å². The number of ether oxygens (including phenoxy) is 1. The van der Waals surface area contributed by atoms with Gasteiger partial charge in [0.25, 0.3) is 5.82 Å². The van der Waals surface area contributed by atoms with E-state index in [0.717, 1.165) is 15.4 Å². The minimum Gasteiger partial charge on any atom is -0.495 e. The van der Waals surface area contributed by atoms with Gasteiger partial charge in [-0.1, -0.05) is 6.92 Å². The van der Waals surface area contributed by atoms with E-state index in [2.05, 4.69) is 41.9 Å². The molecular weight excluding hydrogens is 406 g/mol. The van der Waals surface area contributed by atoms with E-state index in [1.54, 1.807) is 13.2 Å². The lowest BCUT2D eigenvalue weighted by Gasteiger charge is -2.11. The van der Waals surface area contributed by atoms with Gasteiger partial charge in [-0.05, 0) is 44.3 Å². The van der Waals surface area contributed by atoms with Gasteiger partial charge < -0.3 is 9.84 Å². The molecule has 0 radical (unpaired) electrons.